The van der Waals surface area contributed by atoms with Crippen molar-refractivity contribution < 1.29 is 9.53 Å². The first-order valence-corrected chi connectivity index (χ1v) is 6.64. The highest BCUT2D eigenvalue weighted by atomic mass is 16.4. The van der Waals surface area contributed by atoms with E-state index in [2.05, 4.69) is 11.7 Å². The predicted octanol–water partition coefficient (Wildman–Crippen LogP) is 4.37. The molecule has 0 spiro atoms. The lowest BCUT2D eigenvalue weighted by atomic mass is 10.1. The van der Waals surface area contributed by atoms with Crippen molar-refractivity contribution in [1.82, 2.24) is 0 Å². The van der Waals surface area contributed by atoms with Gasteiger partial charge in [-0.05, 0) is 6.42 Å². The third kappa shape index (κ3) is 19.2. The van der Waals surface area contributed by atoms with Gasteiger partial charge in [-0.1, -0.05) is 52.4 Å². The van der Waals surface area contributed by atoms with Crippen LogP contribution in [0.3, 0.4) is 0 Å². The van der Waals surface area contributed by atoms with Gasteiger partial charge < -0.3 is 4.74 Å². The topological polar surface area (TPSA) is 26.3 Å². The number of unbranched alkanes of at least 4 members (excludes halogenated alkanes) is 6. The van der Waals surface area contributed by atoms with E-state index in [1.54, 1.807) is 14.2 Å². The van der Waals surface area contributed by atoms with Gasteiger partial charge >= 0.3 is 0 Å². The molecule has 98 valence electrons. The molecule has 0 N–H and O–H groups in total. The maximum Gasteiger partial charge on any atom is 0.132 e. The third-order valence-corrected chi connectivity index (χ3v) is 2.45. The molecule has 0 unspecified atom stereocenters. The molecule has 0 aliphatic rings. The Bertz CT molecular complexity index is 133. The number of carbonyl (C=O) groups is 1. The molecular weight excluding hydrogens is 200 g/mol. The summed E-state index contributed by atoms with van der Waals surface area (Å²) in [6.45, 7) is 4.18. The number of ether oxygens (including phenoxy) is 1. The molecule has 0 aliphatic carbocycles. The Morgan fingerprint density at radius 2 is 1.31 bits per heavy atom. The van der Waals surface area contributed by atoms with Crippen LogP contribution in [0.15, 0.2) is 0 Å². The molecule has 0 aliphatic heterocycles. The van der Waals surface area contributed by atoms with Crippen molar-refractivity contribution in [3.8, 4) is 0 Å². The Kier molecular flexibility index (Phi) is 19.2. The van der Waals surface area contributed by atoms with Crippen molar-refractivity contribution in [3.63, 3.8) is 0 Å². The summed E-state index contributed by atoms with van der Waals surface area (Å²) in [7, 11) is 3.25. The van der Waals surface area contributed by atoms with E-state index >= 15 is 0 Å². The van der Waals surface area contributed by atoms with Crippen LogP contribution in [-0.4, -0.2) is 20.0 Å². The zero-order valence-corrected chi connectivity index (χ0v) is 11.7. The van der Waals surface area contributed by atoms with Crippen LogP contribution in [0.25, 0.3) is 0 Å². The molecule has 0 aromatic carbocycles. The van der Waals surface area contributed by atoms with E-state index in [9.17, 15) is 4.79 Å². The molecule has 0 rings (SSSR count). The monoisotopic (exact) mass is 230 g/mol. The molecule has 0 amide bonds. The van der Waals surface area contributed by atoms with Crippen molar-refractivity contribution >= 4 is 5.78 Å². The number of carbonyl (C=O) groups excluding carboxylic acids is 1. The van der Waals surface area contributed by atoms with Gasteiger partial charge in [-0.25, -0.2) is 0 Å². The minimum atomic E-state index is 0.425. The lowest BCUT2D eigenvalue weighted by molar-refractivity contribution is -0.118. The number of hydrogen-bond donors (Lipinski definition) is 0. The molecule has 0 heterocycles. The normalized spacial score (nSPS) is 9.50. The molecule has 0 saturated carbocycles. The van der Waals surface area contributed by atoms with Crippen molar-refractivity contribution in [2.24, 2.45) is 0 Å². The fraction of sp³-hybridized carbons (Fsp3) is 0.929. The predicted molar refractivity (Wildman–Crippen MR) is 70.8 cm³/mol. The zero-order chi connectivity index (χ0) is 12.6. The molecule has 0 radical (unpaired) electrons. The molecule has 0 saturated heterocycles. The molecule has 0 aromatic heterocycles. The average Bonchev–Trinajstić information content (AvgIpc) is 2.28. The smallest absolute Gasteiger partial charge is 0.132 e. The van der Waals surface area contributed by atoms with Gasteiger partial charge in [-0.2, -0.15) is 0 Å². The fourth-order valence-electron chi connectivity index (χ4n) is 1.46. The fourth-order valence-corrected chi connectivity index (χ4v) is 1.46. The Morgan fingerprint density at radius 1 is 0.875 bits per heavy atom. The van der Waals surface area contributed by atoms with Crippen LogP contribution in [0.4, 0.5) is 0 Å². The Balaban J connectivity index is 0. The van der Waals surface area contributed by atoms with Crippen LogP contribution in [-0.2, 0) is 9.53 Å². The first kappa shape index (κ1) is 18.0. The summed E-state index contributed by atoms with van der Waals surface area (Å²) in [6, 6.07) is 0. The minimum Gasteiger partial charge on any atom is -0.388 e. The molecule has 0 atom stereocenters. The quantitative estimate of drug-likeness (QED) is 0.550. The van der Waals surface area contributed by atoms with Gasteiger partial charge in [0.1, 0.15) is 5.78 Å². The third-order valence-electron chi connectivity index (χ3n) is 2.45. The highest BCUT2D eigenvalue weighted by Crippen LogP contribution is 2.08. The van der Waals surface area contributed by atoms with Crippen molar-refractivity contribution in [2.75, 3.05) is 14.2 Å². The summed E-state index contributed by atoms with van der Waals surface area (Å²) in [4.78, 5) is 10.9. The Morgan fingerprint density at radius 3 is 1.75 bits per heavy atom. The van der Waals surface area contributed by atoms with Crippen LogP contribution in [0.5, 0.6) is 0 Å². The highest BCUT2D eigenvalue weighted by Gasteiger charge is 1.97. The molecule has 2 heteroatoms. The maximum atomic E-state index is 10.9. The van der Waals surface area contributed by atoms with Crippen molar-refractivity contribution in [2.45, 2.75) is 71.6 Å². The summed E-state index contributed by atoms with van der Waals surface area (Å²) in [6.07, 6.45) is 10.6. The Hall–Kier alpha value is -0.370. The summed E-state index contributed by atoms with van der Waals surface area (Å²) < 4.78 is 4.25. The molecule has 16 heavy (non-hydrogen) atoms. The van der Waals surface area contributed by atoms with E-state index in [4.69, 9.17) is 0 Å². The first-order chi connectivity index (χ1) is 7.72. The van der Waals surface area contributed by atoms with Crippen LogP contribution in [0.1, 0.15) is 71.6 Å². The van der Waals surface area contributed by atoms with Gasteiger partial charge in [0.15, 0.2) is 0 Å². The van der Waals surface area contributed by atoms with E-state index < -0.39 is 0 Å². The van der Waals surface area contributed by atoms with Gasteiger partial charge in [0.05, 0.1) is 0 Å². The van der Waals surface area contributed by atoms with Gasteiger partial charge in [0, 0.05) is 27.1 Å². The van der Waals surface area contributed by atoms with Crippen molar-refractivity contribution in [3.05, 3.63) is 0 Å². The van der Waals surface area contributed by atoms with Crippen LogP contribution in [0.2, 0.25) is 0 Å². The minimum absolute atomic E-state index is 0.425. The molecule has 0 bridgehead atoms. The van der Waals surface area contributed by atoms with Gasteiger partial charge in [0.25, 0.3) is 0 Å². The summed E-state index contributed by atoms with van der Waals surface area (Å²) in [5.74, 6) is 0.425. The second kappa shape index (κ2) is 17.0. The van der Waals surface area contributed by atoms with Crippen molar-refractivity contribution in [1.29, 1.82) is 0 Å². The van der Waals surface area contributed by atoms with E-state index in [0.29, 0.717) is 5.78 Å². The van der Waals surface area contributed by atoms with E-state index in [1.807, 2.05) is 6.92 Å². The lowest BCUT2D eigenvalue weighted by Gasteiger charge is -1.99. The molecule has 2 nitrogen and oxygen atoms in total. The zero-order valence-electron chi connectivity index (χ0n) is 11.7. The number of ketones is 1. The second-order valence-corrected chi connectivity index (χ2v) is 4.17. The molecule has 0 aromatic rings. The first-order valence-electron chi connectivity index (χ1n) is 6.64. The van der Waals surface area contributed by atoms with Crippen LogP contribution in [0, 0.1) is 0 Å². The van der Waals surface area contributed by atoms with E-state index in [1.165, 1.54) is 38.5 Å². The largest absolute Gasteiger partial charge is 0.388 e. The summed E-state index contributed by atoms with van der Waals surface area (Å²) >= 11 is 0. The van der Waals surface area contributed by atoms with Gasteiger partial charge in [-0.15, -0.1) is 0 Å². The number of Topliss-reactive ketones (excluding diaryl/α,β-unsaturated/α-hetero) is 1. The summed E-state index contributed by atoms with van der Waals surface area (Å²) in [5, 5.41) is 0. The van der Waals surface area contributed by atoms with E-state index in [-0.39, 0.29) is 0 Å². The van der Waals surface area contributed by atoms with Gasteiger partial charge in [0.2, 0.25) is 0 Å². The van der Waals surface area contributed by atoms with E-state index in [0.717, 1.165) is 19.3 Å². The molecular formula is C14H30O2. The Labute approximate surface area is 102 Å². The SMILES string of the molecule is CCCCCCCCCC(=O)CC.COC. The molecule has 0 fully saturated rings. The second-order valence-electron chi connectivity index (χ2n) is 4.17. The standard InChI is InChI=1S/C12H24O.C2H6O/c1-3-5-6-7-8-9-10-11-12(13)4-2;1-3-2/h3-11H2,1-2H3;1-2H3. The van der Waals surface area contributed by atoms with Crippen LogP contribution >= 0.6 is 0 Å². The average molecular weight is 230 g/mol. The highest BCUT2D eigenvalue weighted by molar-refractivity contribution is 5.77. The maximum absolute atomic E-state index is 10.9. The lowest BCUT2D eigenvalue weighted by Crippen LogP contribution is -1.94. The number of methoxy groups -OCH3 is 1. The number of hydrogen-bond acceptors (Lipinski definition) is 2. The van der Waals surface area contributed by atoms with Crippen LogP contribution < -0.4 is 0 Å². The number of rotatable bonds is 9. The van der Waals surface area contributed by atoms with Gasteiger partial charge in [-0.3, -0.25) is 4.79 Å². The summed E-state index contributed by atoms with van der Waals surface area (Å²) in [5.41, 5.74) is 0.